The molecular formula is C6H17Cl2N2O4P. The fourth-order valence-corrected chi connectivity index (χ4v) is 1.71. The number of halogens is 2. The lowest BCUT2D eigenvalue weighted by molar-refractivity contribution is -0.926. The highest BCUT2D eigenvalue weighted by Gasteiger charge is 2.28. The molecule has 0 radical (unpaired) electrons. The smallest absolute Gasteiger partial charge is 0.474 e. The van der Waals surface area contributed by atoms with Crippen molar-refractivity contribution < 1.29 is 35.8 Å². The van der Waals surface area contributed by atoms with E-state index in [2.05, 4.69) is 9.84 Å². The van der Waals surface area contributed by atoms with Crippen LogP contribution in [0.3, 0.4) is 0 Å². The van der Waals surface area contributed by atoms with E-state index in [0.29, 0.717) is 4.48 Å². The molecule has 3 N–H and O–H groups in total. The predicted octanol–water partition coefficient (Wildman–Crippen LogP) is -3.47. The van der Waals surface area contributed by atoms with E-state index in [-0.39, 0.29) is 31.5 Å². The standard InChI is InChI=1S/C6H15N2O4P.2ClH/c1-8(4-2-7-3-5-8)6-12-13(9,10)11;;/h7H,2-6H2,1H3,(H-,9,10,11);2*1H. The molecule has 1 heterocycles. The molecule has 0 aromatic heterocycles. The van der Waals surface area contributed by atoms with Crippen LogP contribution in [0.1, 0.15) is 0 Å². The van der Waals surface area contributed by atoms with Crippen molar-refractivity contribution in [3.05, 3.63) is 0 Å². The van der Waals surface area contributed by atoms with Gasteiger partial charge in [-0.05, 0) is 0 Å². The second kappa shape index (κ2) is 7.04. The van der Waals surface area contributed by atoms with Crippen molar-refractivity contribution in [2.24, 2.45) is 0 Å². The van der Waals surface area contributed by atoms with Crippen LogP contribution in [0.4, 0.5) is 0 Å². The van der Waals surface area contributed by atoms with Gasteiger partial charge in [0.2, 0.25) is 0 Å². The molecule has 0 aromatic carbocycles. The Balaban J connectivity index is 0. The van der Waals surface area contributed by atoms with Gasteiger partial charge in [-0.2, -0.15) is 0 Å². The van der Waals surface area contributed by atoms with Crippen LogP contribution in [0.25, 0.3) is 0 Å². The van der Waals surface area contributed by atoms with E-state index in [9.17, 15) is 4.57 Å². The Hall–Kier alpha value is 0.610. The van der Waals surface area contributed by atoms with E-state index in [0.717, 1.165) is 26.2 Å². The molecule has 0 aromatic rings. The molecule has 0 saturated carbocycles. The molecular weight excluding hydrogens is 266 g/mol. The number of nitrogens with one attached hydrogen (secondary N) is 1. The number of rotatable bonds is 3. The average molecular weight is 283 g/mol. The van der Waals surface area contributed by atoms with Crippen LogP contribution in [-0.4, -0.2) is 54.2 Å². The second-order valence-electron chi connectivity index (χ2n) is 3.57. The Kier molecular flexibility index (Phi) is 8.44. The van der Waals surface area contributed by atoms with Crippen molar-refractivity contribution in [1.82, 2.24) is 5.32 Å². The van der Waals surface area contributed by atoms with Gasteiger partial charge in [0.05, 0.1) is 20.1 Å². The number of hydrogen-bond acceptors (Lipinski definition) is 3. The summed E-state index contributed by atoms with van der Waals surface area (Å²) in [5.74, 6) is 0. The normalized spacial score (nSPS) is 19.9. The van der Waals surface area contributed by atoms with Crippen LogP contribution in [0.15, 0.2) is 0 Å². The zero-order valence-corrected chi connectivity index (χ0v) is 10.9. The maximum absolute atomic E-state index is 10.5. The zero-order chi connectivity index (χ0) is 9.95. The molecule has 6 nitrogen and oxygen atoms in total. The largest absolute Gasteiger partial charge is 1.00 e. The molecule has 1 saturated heterocycles. The Morgan fingerprint density at radius 2 is 1.87 bits per heavy atom. The van der Waals surface area contributed by atoms with E-state index in [1.54, 1.807) is 0 Å². The van der Waals surface area contributed by atoms with Crippen LogP contribution in [-0.2, 0) is 9.09 Å². The lowest BCUT2D eigenvalue weighted by Gasteiger charge is -2.37. The second-order valence-corrected chi connectivity index (χ2v) is 4.80. The Bertz CT molecular complexity index is 219. The summed E-state index contributed by atoms with van der Waals surface area (Å²) in [5.41, 5.74) is 0. The number of nitrogens with zero attached hydrogens (tertiary/aromatic N) is 1. The highest BCUT2D eigenvalue weighted by Crippen LogP contribution is 2.36. The van der Waals surface area contributed by atoms with Crippen molar-refractivity contribution in [3.8, 4) is 0 Å². The maximum atomic E-state index is 10.5. The number of quaternary nitrogens is 1. The van der Waals surface area contributed by atoms with Gasteiger partial charge in [0, 0.05) is 13.1 Å². The molecule has 0 atom stereocenters. The summed E-state index contributed by atoms with van der Waals surface area (Å²) >= 11 is 0. The van der Waals surface area contributed by atoms with Crippen molar-refractivity contribution in [2.45, 2.75) is 0 Å². The van der Waals surface area contributed by atoms with E-state index < -0.39 is 7.82 Å². The van der Waals surface area contributed by atoms with Crippen LogP contribution >= 0.6 is 20.2 Å². The molecule has 0 spiro atoms. The third kappa shape index (κ3) is 7.49. The van der Waals surface area contributed by atoms with E-state index >= 15 is 0 Å². The van der Waals surface area contributed by atoms with Crippen LogP contribution in [0.5, 0.6) is 0 Å². The highest BCUT2D eigenvalue weighted by molar-refractivity contribution is 7.46. The molecule has 0 amide bonds. The first kappa shape index (κ1) is 18.0. The Labute approximate surface area is 102 Å². The van der Waals surface area contributed by atoms with Crippen LogP contribution in [0, 0.1) is 0 Å². The van der Waals surface area contributed by atoms with Gasteiger partial charge in [0.1, 0.15) is 0 Å². The molecule has 0 unspecified atom stereocenters. The minimum Gasteiger partial charge on any atom is -1.00 e. The third-order valence-electron chi connectivity index (χ3n) is 2.19. The first-order valence-electron chi connectivity index (χ1n) is 4.16. The number of likely N-dealkylation sites (N-methyl/N-ethyl adjacent to an activating group) is 1. The topological polar surface area (TPSA) is 78.8 Å². The first-order valence-corrected chi connectivity index (χ1v) is 5.69. The lowest BCUT2D eigenvalue weighted by atomic mass is 10.3. The maximum Gasteiger partial charge on any atom is 0.474 e. The number of hydrogen-bond donors (Lipinski definition) is 3. The van der Waals surface area contributed by atoms with Crippen LogP contribution in [0.2, 0.25) is 0 Å². The minimum absolute atomic E-state index is 0. The predicted molar refractivity (Wildman–Crippen MR) is 54.0 cm³/mol. The molecule has 9 heteroatoms. The summed E-state index contributed by atoms with van der Waals surface area (Å²) in [4.78, 5) is 17.1. The highest BCUT2D eigenvalue weighted by atomic mass is 35.5. The fraction of sp³-hybridized carbons (Fsp3) is 1.00. The minimum atomic E-state index is -4.31. The van der Waals surface area contributed by atoms with Crippen molar-refractivity contribution in [3.63, 3.8) is 0 Å². The fourth-order valence-electron chi connectivity index (χ4n) is 1.28. The number of piperazine rings is 1. The molecule has 94 valence electrons. The number of phosphoric ester groups is 1. The summed E-state index contributed by atoms with van der Waals surface area (Å²) in [6, 6.07) is 0. The summed E-state index contributed by atoms with van der Waals surface area (Å²) in [7, 11) is -2.38. The van der Waals surface area contributed by atoms with Gasteiger partial charge >= 0.3 is 7.82 Å². The SMILES string of the molecule is C[N+]1(COP(=O)(O)O)CCNCC1.Cl.[Cl-]. The summed E-state index contributed by atoms with van der Waals surface area (Å²) in [6.07, 6.45) is 0. The summed E-state index contributed by atoms with van der Waals surface area (Å²) in [6.45, 7) is 3.47. The molecule has 0 bridgehead atoms. The van der Waals surface area contributed by atoms with Crippen LogP contribution < -0.4 is 17.7 Å². The average Bonchev–Trinajstić information content (AvgIpc) is 2.02. The van der Waals surface area contributed by atoms with E-state index in [4.69, 9.17) is 9.79 Å². The van der Waals surface area contributed by atoms with Gasteiger partial charge in [-0.3, -0.25) is 0 Å². The van der Waals surface area contributed by atoms with Gasteiger partial charge in [0.25, 0.3) is 0 Å². The van der Waals surface area contributed by atoms with E-state index in [1.807, 2.05) is 7.05 Å². The number of phosphoric acid groups is 1. The summed E-state index contributed by atoms with van der Waals surface area (Å²) < 4.78 is 15.5. The van der Waals surface area contributed by atoms with Crippen molar-refractivity contribution in [1.29, 1.82) is 0 Å². The van der Waals surface area contributed by atoms with E-state index in [1.165, 1.54) is 0 Å². The molecule has 1 fully saturated rings. The zero-order valence-electron chi connectivity index (χ0n) is 8.43. The van der Waals surface area contributed by atoms with Gasteiger partial charge in [-0.25, -0.2) is 9.09 Å². The molecule has 1 rings (SSSR count). The van der Waals surface area contributed by atoms with Gasteiger partial charge in [-0.1, -0.05) is 0 Å². The molecule has 0 aliphatic carbocycles. The van der Waals surface area contributed by atoms with Gasteiger partial charge in [-0.15, -0.1) is 12.4 Å². The Morgan fingerprint density at radius 3 is 2.27 bits per heavy atom. The summed E-state index contributed by atoms with van der Waals surface area (Å²) in [5, 5.41) is 3.17. The van der Waals surface area contributed by atoms with Gasteiger partial charge in [0.15, 0.2) is 6.73 Å². The van der Waals surface area contributed by atoms with Crippen molar-refractivity contribution >= 4 is 20.2 Å². The lowest BCUT2D eigenvalue weighted by Crippen LogP contribution is -3.00. The molecule has 1 aliphatic heterocycles. The van der Waals surface area contributed by atoms with Crippen molar-refractivity contribution in [2.75, 3.05) is 40.0 Å². The molecule has 1 aliphatic rings. The van der Waals surface area contributed by atoms with Gasteiger partial charge < -0.3 is 32.0 Å². The molecule has 15 heavy (non-hydrogen) atoms. The first-order chi connectivity index (χ1) is 5.91. The monoisotopic (exact) mass is 282 g/mol. The Morgan fingerprint density at radius 1 is 1.40 bits per heavy atom. The third-order valence-corrected chi connectivity index (χ3v) is 2.65. The quantitative estimate of drug-likeness (QED) is 0.370.